The van der Waals surface area contributed by atoms with Gasteiger partial charge in [-0.25, -0.2) is 4.98 Å². The number of carbonyl (C=O) groups excluding carboxylic acids is 1. The zero-order valence-electron chi connectivity index (χ0n) is 19.8. The number of benzene rings is 1. The van der Waals surface area contributed by atoms with Crippen LogP contribution in [0, 0.1) is 17.8 Å². The van der Waals surface area contributed by atoms with Gasteiger partial charge in [-0.15, -0.1) is 0 Å². The zero-order chi connectivity index (χ0) is 25.1. The van der Waals surface area contributed by atoms with Crippen LogP contribution in [-0.4, -0.2) is 48.7 Å². The summed E-state index contributed by atoms with van der Waals surface area (Å²) >= 11 is 0. The van der Waals surface area contributed by atoms with Crippen molar-refractivity contribution in [3.8, 4) is 23.2 Å². The molecule has 0 spiro atoms. The second-order valence-corrected chi connectivity index (χ2v) is 8.93. The summed E-state index contributed by atoms with van der Waals surface area (Å²) in [6.45, 7) is 4.23. The molecule has 1 atom stereocenters. The fourth-order valence-corrected chi connectivity index (χ4v) is 4.08. The van der Waals surface area contributed by atoms with E-state index in [0.29, 0.717) is 37.8 Å². The molecule has 1 unspecified atom stereocenters. The molecule has 0 aliphatic carbocycles. The number of aliphatic hydroxyl groups excluding tert-OH is 1. The van der Waals surface area contributed by atoms with Gasteiger partial charge in [-0.3, -0.25) is 14.7 Å². The minimum Gasteiger partial charge on any atom is -0.385 e. The van der Waals surface area contributed by atoms with Crippen molar-refractivity contribution in [2.24, 2.45) is 11.7 Å². The van der Waals surface area contributed by atoms with E-state index in [1.165, 1.54) is 0 Å². The van der Waals surface area contributed by atoms with Gasteiger partial charge in [0.15, 0.2) is 5.76 Å². The number of hydrogen-bond donors (Lipinski definition) is 2. The molecule has 3 aromatic heterocycles. The Bertz CT molecular complexity index is 1400. The number of primary amides is 1. The monoisotopic (exact) mass is 482 g/mol. The average Bonchev–Trinajstić information content (AvgIpc) is 3.51. The van der Waals surface area contributed by atoms with Crippen LogP contribution in [-0.2, 0) is 17.9 Å². The van der Waals surface area contributed by atoms with Crippen LogP contribution >= 0.6 is 0 Å². The van der Waals surface area contributed by atoms with Crippen LogP contribution in [0.25, 0.3) is 11.3 Å². The maximum absolute atomic E-state index is 11.1. The van der Waals surface area contributed by atoms with E-state index < -0.39 is 6.10 Å². The minimum atomic E-state index is -0.656. The number of hydrogen-bond acceptors (Lipinski definition) is 7. The van der Waals surface area contributed by atoms with Crippen LogP contribution in [0.15, 0.2) is 65.6 Å². The standard InChI is InChI=1S/C27H26N6O3/c1-18(34)27-29-10-11-33(27)17-24-12-25(36-31-24)21-7-4-19(5-8-21)2-3-20-6-9-23(30-13-20)16-32-14-22(15-32)26(28)35/h4-13,18,22,34H,14-17H2,1H3,(H2,28,35). The topological polar surface area (TPSA) is 123 Å². The van der Waals surface area contributed by atoms with Crippen LogP contribution in [0.1, 0.15) is 41.4 Å². The summed E-state index contributed by atoms with van der Waals surface area (Å²) in [6.07, 6.45) is 4.57. The summed E-state index contributed by atoms with van der Waals surface area (Å²) in [4.78, 5) is 21.9. The molecule has 1 amide bonds. The number of imidazole rings is 1. The summed E-state index contributed by atoms with van der Waals surface area (Å²) in [5.74, 6) is 7.27. The van der Waals surface area contributed by atoms with E-state index in [1.54, 1.807) is 25.5 Å². The Morgan fingerprint density at radius 1 is 1.11 bits per heavy atom. The van der Waals surface area contributed by atoms with Crippen molar-refractivity contribution in [1.82, 2.24) is 24.6 Å². The second kappa shape index (κ2) is 10.2. The molecular weight excluding hydrogens is 456 g/mol. The highest BCUT2D eigenvalue weighted by Crippen LogP contribution is 2.22. The van der Waals surface area contributed by atoms with Crippen LogP contribution < -0.4 is 5.73 Å². The van der Waals surface area contributed by atoms with Crippen molar-refractivity contribution >= 4 is 5.91 Å². The van der Waals surface area contributed by atoms with Crippen molar-refractivity contribution in [2.45, 2.75) is 26.1 Å². The van der Waals surface area contributed by atoms with Crippen molar-refractivity contribution in [1.29, 1.82) is 0 Å². The predicted octanol–water partition coefficient (Wildman–Crippen LogP) is 2.35. The number of pyridine rings is 1. The third kappa shape index (κ3) is 5.35. The number of rotatable bonds is 7. The zero-order valence-corrected chi connectivity index (χ0v) is 19.8. The number of carbonyl (C=O) groups is 1. The molecule has 182 valence electrons. The Morgan fingerprint density at radius 2 is 1.86 bits per heavy atom. The lowest BCUT2D eigenvalue weighted by Crippen LogP contribution is -2.51. The number of likely N-dealkylation sites (tertiary alicyclic amines) is 1. The molecule has 4 heterocycles. The van der Waals surface area contributed by atoms with Crippen LogP contribution in [0.3, 0.4) is 0 Å². The number of aliphatic hydroxyl groups is 1. The lowest BCUT2D eigenvalue weighted by Gasteiger charge is -2.36. The van der Waals surface area contributed by atoms with Crippen molar-refractivity contribution in [3.05, 3.63) is 89.4 Å². The van der Waals surface area contributed by atoms with E-state index in [0.717, 1.165) is 28.1 Å². The van der Waals surface area contributed by atoms with Gasteiger partial charge in [-0.05, 0) is 43.3 Å². The maximum Gasteiger partial charge on any atom is 0.223 e. The summed E-state index contributed by atoms with van der Waals surface area (Å²) in [7, 11) is 0. The summed E-state index contributed by atoms with van der Waals surface area (Å²) in [5, 5.41) is 14.0. The summed E-state index contributed by atoms with van der Waals surface area (Å²) < 4.78 is 7.36. The third-order valence-corrected chi connectivity index (χ3v) is 6.10. The highest BCUT2D eigenvalue weighted by atomic mass is 16.5. The number of nitrogens with two attached hydrogens (primary N) is 1. The Kier molecular flexibility index (Phi) is 6.62. The molecule has 9 nitrogen and oxygen atoms in total. The first-order valence-corrected chi connectivity index (χ1v) is 11.7. The largest absolute Gasteiger partial charge is 0.385 e. The van der Waals surface area contributed by atoms with E-state index in [4.69, 9.17) is 10.3 Å². The van der Waals surface area contributed by atoms with Gasteiger partial charge < -0.3 is 19.9 Å². The molecule has 0 radical (unpaired) electrons. The fraction of sp³-hybridized carbons (Fsp3) is 0.259. The maximum atomic E-state index is 11.1. The predicted molar refractivity (Wildman–Crippen MR) is 132 cm³/mol. The van der Waals surface area contributed by atoms with Crippen molar-refractivity contribution in [3.63, 3.8) is 0 Å². The quantitative estimate of drug-likeness (QED) is 0.388. The molecule has 36 heavy (non-hydrogen) atoms. The first-order valence-electron chi connectivity index (χ1n) is 11.7. The van der Waals surface area contributed by atoms with E-state index in [1.807, 2.05) is 47.0 Å². The van der Waals surface area contributed by atoms with Gasteiger partial charge in [-0.2, -0.15) is 0 Å². The van der Waals surface area contributed by atoms with Gasteiger partial charge in [0, 0.05) is 61.0 Å². The number of nitrogens with zero attached hydrogens (tertiary/aromatic N) is 5. The molecular formula is C27H26N6O3. The van der Waals surface area contributed by atoms with Gasteiger partial charge in [-0.1, -0.05) is 17.0 Å². The Morgan fingerprint density at radius 3 is 2.56 bits per heavy atom. The summed E-state index contributed by atoms with van der Waals surface area (Å²) in [5.41, 5.74) is 9.60. The van der Waals surface area contributed by atoms with Crippen LogP contribution in [0.2, 0.25) is 0 Å². The van der Waals surface area contributed by atoms with Gasteiger partial charge in [0.25, 0.3) is 0 Å². The fourth-order valence-electron chi connectivity index (χ4n) is 4.08. The summed E-state index contributed by atoms with van der Waals surface area (Å²) in [6, 6.07) is 13.6. The molecule has 1 aromatic carbocycles. The molecule has 9 heteroatoms. The van der Waals surface area contributed by atoms with Crippen molar-refractivity contribution < 1.29 is 14.4 Å². The van der Waals surface area contributed by atoms with Gasteiger partial charge in [0.05, 0.1) is 18.2 Å². The molecule has 5 rings (SSSR count). The lowest BCUT2D eigenvalue weighted by molar-refractivity contribution is -0.127. The highest BCUT2D eigenvalue weighted by molar-refractivity contribution is 5.78. The SMILES string of the molecule is CC(O)c1nccn1Cc1cc(-c2ccc(C#Cc3ccc(CN4CC(C(N)=O)C4)nc3)cc2)on1. The minimum absolute atomic E-state index is 0.0426. The Labute approximate surface area is 208 Å². The lowest BCUT2D eigenvalue weighted by atomic mass is 9.99. The highest BCUT2D eigenvalue weighted by Gasteiger charge is 2.30. The van der Waals surface area contributed by atoms with E-state index in [9.17, 15) is 9.90 Å². The molecule has 1 aliphatic rings. The van der Waals surface area contributed by atoms with E-state index >= 15 is 0 Å². The van der Waals surface area contributed by atoms with Crippen LogP contribution in [0.5, 0.6) is 0 Å². The molecule has 1 fully saturated rings. The van der Waals surface area contributed by atoms with E-state index in [-0.39, 0.29) is 11.8 Å². The number of amides is 1. The molecule has 1 saturated heterocycles. The third-order valence-electron chi connectivity index (χ3n) is 6.10. The Balaban J connectivity index is 1.18. The number of aromatic nitrogens is 4. The Hall–Kier alpha value is -4.26. The van der Waals surface area contributed by atoms with Gasteiger partial charge in [0.1, 0.15) is 17.6 Å². The van der Waals surface area contributed by atoms with Gasteiger partial charge >= 0.3 is 0 Å². The first kappa shape index (κ1) is 23.5. The first-order chi connectivity index (χ1) is 17.4. The van der Waals surface area contributed by atoms with Crippen molar-refractivity contribution in [2.75, 3.05) is 13.1 Å². The molecule has 0 bridgehead atoms. The average molecular weight is 483 g/mol. The molecule has 0 saturated carbocycles. The van der Waals surface area contributed by atoms with Crippen LogP contribution in [0.4, 0.5) is 0 Å². The second-order valence-electron chi connectivity index (χ2n) is 8.93. The van der Waals surface area contributed by atoms with Gasteiger partial charge in [0.2, 0.25) is 5.91 Å². The smallest absolute Gasteiger partial charge is 0.223 e. The molecule has 1 aliphatic heterocycles. The molecule has 4 aromatic rings. The van der Waals surface area contributed by atoms with E-state index in [2.05, 4.69) is 31.9 Å². The molecule has 3 N–H and O–H groups in total. The normalized spacial score (nSPS) is 14.6.